The van der Waals surface area contributed by atoms with Gasteiger partial charge in [-0.1, -0.05) is 50.4 Å². The first kappa shape index (κ1) is 51.7. The summed E-state index contributed by atoms with van der Waals surface area (Å²) in [6.45, 7) is 19.6. The second-order valence-corrected chi connectivity index (χ2v) is 25.1. The monoisotopic (exact) mass is 884 g/mol. The molecule has 0 bridgehead atoms. The average molecular weight is 885 g/mol. The lowest BCUT2D eigenvalue weighted by atomic mass is 9.94. The van der Waals surface area contributed by atoms with Crippen molar-refractivity contribution in [1.29, 1.82) is 0 Å². The van der Waals surface area contributed by atoms with E-state index in [0.717, 1.165) is 45.2 Å². The molecule has 59 heavy (non-hydrogen) atoms. The number of rotatable bonds is 20. The molecule has 2 aliphatic heterocycles. The maximum atomic E-state index is 12.8. The fourth-order valence-corrected chi connectivity index (χ4v) is 9.71. The summed E-state index contributed by atoms with van der Waals surface area (Å²) in [6.07, 6.45) is 5.56. The number of phenolic OH excluding ortho intramolecular Hbond substituents is 1. The summed E-state index contributed by atoms with van der Waals surface area (Å²) >= 11 is 0. The standard InChI is InChI=1S/C25H41O7PSi.C16H21O7P.CH4/c1-9-31-33(27,32-10-2)15-13-18(3)11-12-20-23(28-5)19(4)21-17-30-25(26)22(21)24(20)29-14-16-34(6,7)8;1-9(6-7-24(19,20)21)4-5-11-14(17)13-12(8-23-16(13)18)10(2)15(11)22-3;/h11H,9-10,12-17H2,1-8H3;4,17H,5-8H2,1-3H3,(H2,19,20,21);1H4/b18-11+;9-4+;. The number of methoxy groups -OCH3 is 2. The predicted molar refractivity (Wildman–Crippen MR) is 233 cm³/mol. The summed E-state index contributed by atoms with van der Waals surface area (Å²) in [5.74, 6) is 0.712. The minimum Gasteiger partial charge on any atom is -0.507 e. The molecule has 3 N–H and O–H groups in total. The zero-order valence-corrected chi connectivity index (χ0v) is 38.7. The lowest BCUT2D eigenvalue weighted by Gasteiger charge is -2.21. The molecule has 0 spiro atoms. The smallest absolute Gasteiger partial charge is 0.342 e. The number of benzene rings is 2. The Morgan fingerprint density at radius 2 is 1.22 bits per heavy atom. The third kappa shape index (κ3) is 14.1. The highest BCUT2D eigenvalue weighted by molar-refractivity contribution is 7.53. The lowest BCUT2D eigenvalue weighted by Crippen LogP contribution is -2.23. The van der Waals surface area contributed by atoms with Crippen molar-refractivity contribution in [2.75, 3.05) is 46.4 Å². The number of esters is 2. The van der Waals surface area contributed by atoms with E-state index in [0.29, 0.717) is 67.0 Å². The summed E-state index contributed by atoms with van der Waals surface area (Å²) in [7, 11) is -5.34. The third-order valence-corrected chi connectivity index (χ3v) is 14.5. The van der Waals surface area contributed by atoms with Crippen molar-refractivity contribution < 1.29 is 66.3 Å². The van der Waals surface area contributed by atoms with Gasteiger partial charge in [0.05, 0.1) is 46.4 Å². The fraction of sp³-hybridized carbons (Fsp3) is 0.571. The van der Waals surface area contributed by atoms with Crippen LogP contribution < -0.4 is 14.2 Å². The number of hydrogen-bond acceptors (Lipinski definition) is 12. The SMILES string of the molecule is C.CCOP(=O)(CC/C(C)=C/Cc1c(OC)c(C)c2c(c1OCC[Si](C)(C)C)C(=O)OC2)OCC.COc1c(C)c2c(c(O)c1C/C=C(\C)CCP(=O)(O)O)C(=O)OC2. The molecule has 0 aromatic heterocycles. The molecule has 0 saturated heterocycles. The number of fused-ring (bicyclic) bond motifs is 2. The van der Waals surface area contributed by atoms with Gasteiger partial charge in [0.15, 0.2) is 0 Å². The molecule has 0 fully saturated rings. The second-order valence-electron chi connectivity index (χ2n) is 15.5. The van der Waals surface area contributed by atoms with Crippen molar-refractivity contribution in [3.8, 4) is 23.0 Å². The molecule has 2 heterocycles. The zero-order valence-electron chi connectivity index (χ0n) is 35.9. The van der Waals surface area contributed by atoms with Crippen molar-refractivity contribution in [2.24, 2.45) is 0 Å². The Hall–Kier alpha value is -3.42. The van der Waals surface area contributed by atoms with E-state index < -0.39 is 29.2 Å². The molecular formula is C42H66O14P2Si. The molecule has 17 heteroatoms. The van der Waals surface area contributed by atoms with E-state index in [1.807, 2.05) is 27.7 Å². The predicted octanol–water partition coefficient (Wildman–Crippen LogP) is 9.61. The van der Waals surface area contributed by atoms with E-state index in [1.54, 1.807) is 27.0 Å². The molecular weight excluding hydrogens is 818 g/mol. The molecule has 332 valence electrons. The van der Waals surface area contributed by atoms with E-state index in [9.17, 15) is 23.8 Å². The van der Waals surface area contributed by atoms with Crippen LogP contribution in [0, 0.1) is 13.8 Å². The van der Waals surface area contributed by atoms with Crippen LogP contribution in [0.4, 0.5) is 0 Å². The van der Waals surface area contributed by atoms with Gasteiger partial charge in [0, 0.05) is 30.3 Å². The molecule has 14 nitrogen and oxygen atoms in total. The van der Waals surface area contributed by atoms with Crippen molar-refractivity contribution in [3.05, 3.63) is 67.8 Å². The summed E-state index contributed by atoms with van der Waals surface area (Å²) in [5.41, 5.74) is 6.93. The highest BCUT2D eigenvalue weighted by atomic mass is 31.2. The highest BCUT2D eigenvalue weighted by Gasteiger charge is 2.34. The number of phenols is 1. The van der Waals surface area contributed by atoms with Crippen LogP contribution in [0.25, 0.3) is 0 Å². The quantitative estimate of drug-likeness (QED) is 0.0492. The number of allylic oxidation sites excluding steroid dienone is 4. The first-order valence-corrected chi connectivity index (χ1v) is 26.7. The van der Waals surface area contributed by atoms with Crippen molar-refractivity contribution in [2.45, 2.75) is 114 Å². The van der Waals surface area contributed by atoms with E-state index in [-0.39, 0.29) is 56.9 Å². The van der Waals surface area contributed by atoms with Gasteiger partial charge in [-0.2, -0.15) is 0 Å². The largest absolute Gasteiger partial charge is 0.507 e. The van der Waals surface area contributed by atoms with Crippen LogP contribution in [-0.2, 0) is 53.7 Å². The molecule has 0 amide bonds. The lowest BCUT2D eigenvalue weighted by molar-refractivity contribution is 0.0523. The van der Waals surface area contributed by atoms with Gasteiger partial charge >= 0.3 is 27.1 Å². The van der Waals surface area contributed by atoms with Crippen LogP contribution in [-0.4, -0.2) is 81.3 Å². The van der Waals surface area contributed by atoms with Gasteiger partial charge < -0.3 is 47.6 Å². The van der Waals surface area contributed by atoms with E-state index in [2.05, 4.69) is 25.7 Å². The summed E-state index contributed by atoms with van der Waals surface area (Å²) in [5, 5.41) is 10.5. The van der Waals surface area contributed by atoms with E-state index >= 15 is 0 Å². The van der Waals surface area contributed by atoms with Crippen LogP contribution >= 0.6 is 15.2 Å². The van der Waals surface area contributed by atoms with Gasteiger partial charge in [0.1, 0.15) is 47.3 Å². The number of cyclic esters (lactones) is 2. The van der Waals surface area contributed by atoms with Gasteiger partial charge in [0.25, 0.3) is 0 Å². The summed E-state index contributed by atoms with van der Waals surface area (Å²) in [4.78, 5) is 42.3. The normalized spacial score (nSPS) is 14.1. The third-order valence-electron chi connectivity index (χ3n) is 9.91. The van der Waals surface area contributed by atoms with Gasteiger partial charge in [-0.15, -0.1) is 0 Å². The molecule has 0 aliphatic carbocycles. The average Bonchev–Trinajstić information content (AvgIpc) is 3.73. The Labute approximate surface area is 351 Å². The van der Waals surface area contributed by atoms with Crippen LogP contribution in [0.5, 0.6) is 23.0 Å². The van der Waals surface area contributed by atoms with Crippen LogP contribution in [0.2, 0.25) is 25.7 Å². The molecule has 0 unspecified atom stereocenters. The molecule has 0 atom stereocenters. The van der Waals surface area contributed by atoms with Crippen LogP contribution in [0.1, 0.15) is 102 Å². The number of hydrogen-bond donors (Lipinski definition) is 3. The van der Waals surface area contributed by atoms with Crippen LogP contribution in [0.3, 0.4) is 0 Å². The Bertz CT molecular complexity index is 1970. The first-order valence-electron chi connectivity index (χ1n) is 19.5. The molecule has 2 aliphatic rings. The highest BCUT2D eigenvalue weighted by Crippen LogP contribution is 2.49. The maximum absolute atomic E-state index is 12.8. The van der Waals surface area contributed by atoms with Crippen molar-refractivity contribution in [1.82, 2.24) is 0 Å². The van der Waals surface area contributed by atoms with Gasteiger partial charge in [0.2, 0.25) is 0 Å². The molecule has 0 radical (unpaired) electrons. The summed E-state index contributed by atoms with van der Waals surface area (Å²) < 4.78 is 62.3. The summed E-state index contributed by atoms with van der Waals surface area (Å²) in [6, 6.07) is 0.978. The number of aromatic hydroxyl groups is 1. The fourth-order valence-electron chi connectivity index (χ4n) is 6.61. The van der Waals surface area contributed by atoms with Crippen molar-refractivity contribution >= 4 is 35.2 Å². The Morgan fingerprint density at radius 3 is 1.69 bits per heavy atom. The topological polar surface area (TPSA) is 194 Å². The van der Waals surface area contributed by atoms with E-state index in [1.165, 1.54) is 7.11 Å². The number of carbonyl (C=O) groups excluding carboxylic acids is 2. The van der Waals surface area contributed by atoms with Crippen LogP contribution in [0.15, 0.2) is 23.3 Å². The number of ether oxygens (including phenoxy) is 5. The van der Waals surface area contributed by atoms with Crippen molar-refractivity contribution in [3.63, 3.8) is 0 Å². The molecule has 2 aromatic rings. The Balaban J connectivity index is 0.000000423. The maximum Gasteiger partial charge on any atom is 0.342 e. The minimum absolute atomic E-state index is 0. The van der Waals surface area contributed by atoms with Gasteiger partial charge in [-0.25, -0.2) is 9.59 Å². The van der Waals surface area contributed by atoms with Gasteiger partial charge in [-0.3, -0.25) is 9.13 Å². The Kier molecular flexibility index (Phi) is 19.7. The van der Waals surface area contributed by atoms with Gasteiger partial charge in [-0.05, 0) is 84.4 Å². The van der Waals surface area contributed by atoms with E-state index in [4.69, 9.17) is 42.5 Å². The second kappa shape index (κ2) is 22.4. The molecule has 4 rings (SSSR count). The Morgan fingerprint density at radius 1 is 0.763 bits per heavy atom. The number of carbonyl (C=O) groups is 2. The zero-order chi connectivity index (χ0) is 43.6. The first-order chi connectivity index (χ1) is 27.1. The molecule has 0 saturated carbocycles. The molecule has 2 aromatic carbocycles. The minimum atomic E-state index is -4.04.